The Morgan fingerprint density at radius 1 is 1.24 bits per heavy atom. The summed E-state index contributed by atoms with van der Waals surface area (Å²) in [6.45, 7) is 0. The Balaban J connectivity index is 2.23. The van der Waals surface area contributed by atoms with Gasteiger partial charge in [-0.1, -0.05) is 18.2 Å². The summed E-state index contributed by atoms with van der Waals surface area (Å²) in [5.41, 5.74) is 0.803. The monoisotopic (exact) mass is 285 g/mol. The lowest BCUT2D eigenvalue weighted by Gasteiger charge is -2.13. The van der Waals surface area contributed by atoms with Gasteiger partial charge in [0.15, 0.2) is 5.78 Å². The van der Waals surface area contributed by atoms with Gasteiger partial charge in [0.2, 0.25) is 0 Å². The van der Waals surface area contributed by atoms with E-state index in [0.29, 0.717) is 11.3 Å². The van der Waals surface area contributed by atoms with Gasteiger partial charge < -0.3 is 9.84 Å². The predicted molar refractivity (Wildman–Crippen MR) is 76.6 cm³/mol. The van der Waals surface area contributed by atoms with Crippen LogP contribution >= 0.6 is 0 Å². The van der Waals surface area contributed by atoms with Gasteiger partial charge in [0, 0.05) is 12.6 Å². The number of hydrogen-bond donors (Lipinski definition) is 1. The molecule has 1 aromatic heterocycles. The first-order valence-corrected chi connectivity index (χ1v) is 6.43. The van der Waals surface area contributed by atoms with Crippen molar-refractivity contribution in [1.82, 2.24) is 4.98 Å². The molecule has 21 heavy (non-hydrogen) atoms. The third-order valence-electron chi connectivity index (χ3n) is 3.13. The van der Waals surface area contributed by atoms with Gasteiger partial charge >= 0.3 is 5.97 Å². The van der Waals surface area contributed by atoms with Gasteiger partial charge in [0.05, 0.1) is 13.0 Å². The van der Waals surface area contributed by atoms with Crippen LogP contribution in [-0.4, -0.2) is 29.0 Å². The first kappa shape index (κ1) is 14.7. The Bertz CT molecular complexity index is 640. The number of methoxy groups -OCH3 is 1. The number of ketones is 1. The highest BCUT2D eigenvalue weighted by Gasteiger charge is 2.24. The molecule has 5 nitrogen and oxygen atoms in total. The number of carboxylic acid groups (broad SMARTS) is 1. The number of carbonyl (C=O) groups excluding carboxylic acids is 1. The number of nitrogens with zero attached hydrogens (tertiary/aromatic N) is 1. The molecule has 0 spiro atoms. The molecular formula is C16H15NO4. The van der Waals surface area contributed by atoms with E-state index in [-0.39, 0.29) is 17.9 Å². The maximum absolute atomic E-state index is 12.1. The van der Waals surface area contributed by atoms with Crippen molar-refractivity contribution in [3.8, 4) is 5.75 Å². The minimum absolute atomic E-state index is 0.139. The number of rotatable bonds is 6. The van der Waals surface area contributed by atoms with Gasteiger partial charge in [-0.05, 0) is 29.8 Å². The van der Waals surface area contributed by atoms with Crippen LogP contribution < -0.4 is 4.74 Å². The number of Topliss-reactive ketones (excluding diaryl/α,β-unsaturated/α-hetero) is 1. The van der Waals surface area contributed by atoms with Crippen LogP contribution in [0.15, 0.2) is 48.7 Å². The zero-order chi connectivity index (χ0) is 15.2. The second-order valence-electron chi connectivity index (χ2n) is 4.51. The smallest absolute Gasteiger partial charge is 0.311 e. The topological polar surface area (TPSA) is 76.5 Å². The first-order valence-electron chi connectivity index (χ1n) is 6.43. The molecule has 0 aliphatic rings. The van der Waals surface area contributed by atoms with E-state index in [1.54, 1.807) is 42.5 Å². The van der Waals surface area contributed by atoms with Gasteiger partial charge in [-0.2, -0.15) is 0 Å². The predicted octanol–water partition coefficient (Wildman–Crippen LogP) is 2.53. The lowest BCUT2D eigenvalue weighted by molar-refractivity contribution is -0.138. The average molecular weight is 285 g/mol. The van der Waals surface area contributed by atoms with Crippen molar-refractivity contribution < 1.29 is 19.4 Å². The van der Waals surface area contributed by atoms with E-state index in [1.165, 1.54) is 13.3 Å². The molecule has 1 unspecified atom stereocenters. The van der Waals surface area contributed by atoms with Crippen LogP contribution in [0.4, 0.5) is 0 Å². The summed E-state index contributed by atoms with van der Waals surface area (Å²) in [6.07, 6.45) is 1.37. The molecule has 0 amide bonds. The maximum Gasteiger partial charge on any atom is 0.311 e. The normalized spacial score (nSPS) is 11.7. The number of carbonyl (C=O) groups is 2. The number of carboxylic acids is 1. The van der Waals surface area contributed by atoms with Gasteiger partial charge in [0.25, 0.3) is 0 Å². The summed E-state index contributed by atoms with van der Waals surface area (Å²) in [6, 6.07) is 11.7. The number of pyridine rings is 1. The summed E-state index contributed by atoms with van der Waals surface area (Å²) in [5.74, 6) is -1.71. The van der Waals surface area contributed by atoms with E-state index in [2.05, 4.69) is 4.98 Å². The van der Waals surface area contributed by atoms with E-state index < -0.39 is 11.9 Å². The Labute approximate surface area is 122 Å². The summed E-state index contributed by atoms with van der Waals surface area (Å²) in [7, 11) is 1.51. The standard InChI is InChI=1S/C16H15NO4/c1-21-12-6-4-5-11(9-12)13(16(19)20)10-15(18)14-7-2-3-8-17-14/h2-9,13H,10H2,1H3,(H,19,20). The third kappa shape index (κ3) is 3.66. The van der Waals surface area contributed by atoms with Crippen LogP contribution in [-0.2, 0) is 4.79 Å². The molecule has 0 saturated heterocycles. The maximum atomic E-state index is 12.1. The van der Waals surface area contributed by atoms with Crippen LogP contribution in [0.5, 0.6) is 5.75 Å². The Hall–Kier alpha value is -2.69. The number of benzene rings is 1. The molecule has 0 radical (unpaired) electrons. The fraction of sp³-hybridized carbons (Fsp3) is 0.188. The van der Waals surface area contributed by atoms with E-state index in [4.69, 9.17) is 4.74 Å². The highest BCUT2D eigenvalue weighted by molar-refractivity contribution is 5.97. The summed E-state index contributed by atoms with van der Waals surface area (Å²) in [4.78, 5) is 27.5. The molecule has 1 heterocycles. The highest BCUT2D eigenvalue weighted by Crippen LogP contribution is 2.25. The molecule has 1 atom stereocenters. The van der Waals surface area contributed by atoms with Crippen LogP contribution in [0.25, 0.3) is 0 Å². The van der Waals surface area contributed by atoms with Gasteiger partial charge in [0.1, 0.15) is 11.4 Å². The Morgan fingerprint density at radius 3 is 2.67 bits per heavy atom. The van der Waals surface area contributed by atoms with Crippen molar-refractivity contribution in [2.24, 2.45) is 0 Å². The summed E-state index contributed by atoms with van der Waals surface area (Å²) in [5, 5.41) is 9.37. The van der Waals surface area contributed by atoms with Gasteiger partial charge in [-0.25, -0.2) is 0 Å². The van der Waals surface area contributed by atoms with Crippen molar-refractivity contribution >= 4 is 11.8 Å². The number of hydrogen-bond acceptors (Lipinski definition) is 4. The second-order valence-corrected chi connectivity index (χ2v) is 4.51. The summed E-state index contributed by atoms with van der Waals surface area (Å²) >= 11 is 0. The van der Waals surface area contributed by atoms with Crippen LogP contribution in [0.2, 0.25) is 0 Å². The Morgan fingerprint density at radius 2 is 2.05 bits per heavy atom. The van der Waals surface area contributed by atoms with Crippen molar-refractivity contribution in [3.05, 3.63) is 59.9 Å². The van der Waals surface area contributed by atoms with E-state index in [1.807, 2.05) is 0 Å². The molecule has 108 valence electrons. The lowest BCUT2D eigenvalue weighted by Crippen LogP contribution is -2.17. The van der Waals surface area contributed by atoms with Gasteiger partial charge in [-0.3, -0.25) is 14.6 Å². The Kier molecular flexibility index (Phi) is 4.66. The molecule has 0 aliphatic carbocycles. The fourth-order valence-electron chi connectivity index (χ4n) is 2.02. The zero-order valence-electron chi connectivity index (χ0n) is 11.5. The van der Waals surface area contributed by atoms with Crippen molar-refractivity contribution in [2.45, 2.75) is 12.3 Å². The van der Waals surface area contributed by atoms with Crippen LogP contribution in [0.3, 0.4) is 0 Å². The molecule has 2 rings (SSSR count). The number of ether oxygens (including phenoxy) is 1. The lowest BCUT2D eigenvalue weighted by atomic mass is 9.92. The SMILES string of the molecule is COc1cccc(C(CC(=O)c2ccccn2)C(=O)O)c1. The van der Waals surface area contributed by atoms with E-state index >= 15 is 0 Å². The number of aliphatic carboxylic acids is 1. The van der Waals surface area contributed by atoms with Crippen LogP contribution in [0.1, 0.15) is 28.4 Å². The molecule has 0 bridgehead atoms. The molecule has 1 aromatic carbocycles. The average Bonchev–Trinajstić information content (AvgIpc) is 2.53. The molecule has 5 heteroatoms. The first-order chi connectivity index (χ1) is 10.1. The summed E-state index contributed by atoms with van der Waals surface area (Å²) < 4.78 is 5.08. The van der Waals surface area contributed by atoms with E-state index in [0.717, 1.165) is 0 Å². The van der Waals surface area contributed by atoms with Crippen molar-refractivity contribution in [2.75, 3.05) is 7.11 Å². The highest BCUT2D eigenvalue weighted by atomic mass is 16.5. The molecule has 1 N–H and O–H groups in total. The molecule has 2 aromatic rings. The minimum atomic E-state index is -1.05. The molecule has 0 aliphatic heterocycles. The fourth-order valence-corrected chi connectivity index (χ4v) is 2.02. The van der Waals surface area contributed by atoms with Crippen molar-refractivity contribution in [1.29, 1.82) is 0 Å². The zero-order valence-corrected chi connectivity index (χ0v) is 11.5. The largest absolute Gasteiger partial charge is 0.497 e. The number of aromatic nitrogens is 1. The minimum Gasteiger partial charge on any atom is -0.497 e. The van der Waals surface area contributed by atoms with Gasteiger partial charge in [-0.15, -0.1) is 0 Å². The third-order valence-corrected chi connectivity index (χ3v) is 3.13. The van der Waals surface area contributed by atoms with Crippen LogP contribution in [0, 0.1) is 0 Å². The molecule has 0 fully saturated rings. The van der Waals surface area contributed by atoms with Crippen molar-refractivity contribution in [3.63, 3.8) is 0 Å². The van der Waals surface area contributed by atoms with E-state index in [9.17, 15) is 14.7 Å². The molecule has 0 saturated carbocycles. The quantitative estimate of drug-likeness (QED) is 0.825. The second kappa shape index (κ2) is 6.65. The molecular weight excluding hydrogens is 270 g/mol.